The SMILES string of the molecule is CN=C(NCc1cc(Cl)ccc1OC(F)F)NC1CCc2nc(COC)nn2C1. The van der Waals surface area contributed by atoms with Crippen molar-refractivity contribution in [2.45, 2.75) is 45.2 Å². The van der Waals surface area contributed by atoms with Gasteiger partial charge in [0.05, 0.1) is 6.54 Å². The lowest BCUT2D eigenvalue weighted by molar-refractivity contribution is -0.0504. The van der Waals surface area contributed by atoms with Gasteiger partial charge in [0.15, 0.2) is 11.8 Å². The fraction of sp³-hybridized carbons (Fsp3) is 0.500. The third-order valence-corrected chi connectivity index (χ3v) is 4.66. The lowest BCUT2D eigenvalue weighted by atomic mass is 10.1. The van der Waals surface area contributed by atoms with Crippen molar-refractivity contribution in [3.63, 3.8) is 0 Å². The Morgan fingerprint density at radius 1 is 1.45 bits per heavy atom. The van der Waals surface area contributed by atoms with E-state index in [9.17, 15) is 8.78 Å². The fourth-order valence-corrected chi connectivity index (χ4v) is 3.33. The number of aliphatic imine (C=N–C) groups is 1. The molecule has 0 saturated carbocycles. The highest BCUT2D eigenvalue weighted by atomic mass is 35.5. The third kappa shape index (κ3) is 5.77. The minimum Gasteiger partial charge on any atom is -0.434 e. The molecule has 0 bridgehead atoms. The maximum atomic E-state index is 12.6. The van der Waals surface area contributed by atoms with Crippen LogP contribution in [-0.2, 0) is 30.9 Å². The Balaban J connectivity index is 1.60. The van der Waals surface area contributed by atoms with Gasteiger partial charge in [0, 0.05) is 43.8 Å². The van der Waals surface area contributed by atoms with Crippen LogP contribution in [0.15, 0.2) is 23.2 Å². The van der Waals surface area contributed by atoms with Crippen LogP contribution >= 0.6 is 11.6 Å². The van der Waals surface area contributed by atoms with Gasteiger partial charge in [-0.15, -0.1) is 0 Å². The van der Waals surface area contributed by atoms with Crippen LogP contribution in [0.2, 0.25) is 5.02 Å². The molecular weight excluding hydrogens is 406 g/mol. The molecule has 2 heterocycles. The average molecular weight is 429 g/mol. The largest absolute Gasteiger partial charge is 0.434 e. The van der Waals surface area contributed by atoms with E-state index in [1.54, 1.807) is 20.2 Å². The summed E-state index contributed by atoms with van der Waals surface area (Å²) in [6.45, 7) is -1.66. The minimum atomic E-state index is -2.91. The molecular formula is C18H23ClF2N6O2. The molecule has 0 spiro atoms. The number of benzene rings is 1. The number of ether oxygens (including phenoxy) is 2. The molecule has 1 aromatic heterocycles. The molecule has 0 saturated heterocycles. The molecule has 11 heteroatoms. The zero-order valence-electron chi connectivity index (χ0n) is 16.2. The van der Waals surface area contributed by atoms with Gasteiger partial charge in [0.1, 0.15) is 18.2 Å². The van der Waals surface area contributed by atoms with Crippen molar-refractivity contribution < 1.29 is 18.3 Å². The molecule has 2 aromatic rings. The smallest absolute Gasteiger partial charge is 0.387 e. The fourth-order valence-electron chi connectivity index (χ4n) is 3.13. The van der Waals surface area contributed by atoms with Gasteiger partial charge in [0.2, 0.25) is 0 Å². The van der Waals surface area contributed by atoms with E-state index in [0.29, 0.717) is 35.5 Å². The molecule has 0 aliphatic carbocycles. The van der Waals surface area contributed by atoms with Crippen LogP contribution in [0.25, 0.3) is 0 Å². The van der Waals surface area contributed by atoms with E-state index in [2.05, 4.69) is 30.4 Å². The number of fused-ring (bicyclic) bond motifs is 1. The normalized spacial score (nSPS) is 16.6. The summed E-state index contributed by atoms with van der Waals surface area (Å²) in [7, 11) is 3.25. The number of hydrogen-bond donors (Lipinski definition) is 2. The van der Waals surface area contributed by atoms with Crippen LogP contribution in [0.4, 0.5) is 8.78 Å². The number of alkyl halides is 2. The Morgan fingerprint density at radius 3 is 3.00 bits per heavy atom. The van der Waals surface area contributed by atoms with E-state index >= 15 is 0 Å². The molecule has 3 rings (SSSR count). The van der Waals surface area contributed by atoms with Gasteiger partial charge in [-0.2, -0.15) is 13.9 Å². The van der Waals surface area contributed by atoms with E-state index in [0.717, 1.165) is 18.7 Å². The van der Waals surface area contributed by atoms with Crippen molar-refractivity contribution in [1.29, 1.82) is 0 Å². The van der Waals surface area contributed by atoms with E-state index in [1.807, 2.05) is 4.68 Å². The highest BCUT2D eigenvalue weighted by Gasteiger charge is 2.22. The number of aryl methyl sites for hydroxylation is 1. The van der Waals surface area contributed by atoms with Crippen molar-refractivity contribution in [3.8, 4) is 5.75 Å². The van der Waals surface area contributed by atoms with Gasteiger partial charge in [-0.25, -0.2) is 9.67 Å². The van der Waals surface area contributed by atoms with Crippen LogP contribution in [0.5, 0.6) is 5.75 Å². The lowest BCUT2D eigenvalue weighted by Crippen LogP contribution is -2.46. The van der Waals surface area contributed by atoms with Crippen LogP contribution in [0.3, 0.4) is 0 Å². The van der Waals surface area contributed by atoms with E-state index < -0.39 is 6.61 Å². The van der Waals surface area contributed by atoms with Gasteiger partial charge in [-0.3, -0.25) is 4.99 Å². The zero-order valence-corrected chi connectivity index (χ0v) is 16.9. The summed E-state index contributed by atoms with van der Waals surface area (Å²) in [4.78, 5) is 8.67. The van der Waals surface area contributed by atoms with Crippen molar-refractivity contribution in [2.75, 3.05) is 14.2 Å². The summed E-state index contributed by atoms with van der Waals surface area (Å²) in [6.07, 6.45) is 1.65. The lowest BCUT2D eigenvalue weighted by Gasteiger charge is -2.25. The Labute approximate surface area is 172 Å². The number of guanidine groups is 1. The number of methoxy groups -OCH3 is 1. The summed E-state index contributed by atoms with van der Waals surface area (Å²) >= 11 is 5.99. The van der Waals surface area contributed by atoms with Crippen LogP contribution in [0, 0.1) is 0 Å². The topological polar surface area (TPSA) is 85.6 Å². The van der Waals surface area contributed by atoms with Gasteiger partial charge < -0.3 is 20.1 Å². The molecule has 158 valence electrons. The third-order valence-electron chi connectivity index (χ3n) is 4.42. The highest BCUT2D eigenvalue weighted by Crippen LogP contribution is 2.24. The monoisotopic (exact) mass is 428 g/mol. The Kier molecular flexibility index (Phi) is 7.21. The first kappa shape index (κ1) is 21.3. The van der Waals surface area contributed by atoms with E-state index in [-0.39, 0.29) is 18.3 Å². The summed E-state index contributed by atoms with van der Waals surface area (Å²) in [6, 6.07) is 4.61. The summed E-state index contributed by atoms with van der Waals surface area (Å²) in [5.41, 5.74) is 0.507. The van der Waals surface area contributed by atoms with Crippen LogP contribution < -0.4 is 15.4 Å². The van der Waals surface area contributed by atoms with Gasteiger partial charge in [0.25, 0.3) is 0 Å². The minimum absolute atomic E-state index is 0.0722. The number of nitrogens with zero attached hydrogens (tertiary/aromatic N) is 4. The number of nitrogens with one attached hydrogen (secondary N) is 2. The highest BCUT2D eigenvalue weighted by molar-refractivity contribution is 6.30. The number of aromatic nitrogens is 3. The molecule has 1 aliphatic heterocycles. The second kappa shape index (κ2) is 9.84. The Hall–Kier alpha value is -2.46. The van der Waals surface area contributed by atoms with Crippen LogP contribution in [0.1, 0.15) is 23.6 Å². The number of halogens is 3. The first-order valence-corrected chi connectivity index (χ1v) is 9.48. The molecule has 2 N–H and O–H groups in total. The second-order valence-corrected chi connectivity index (χ2v) is 6.93. The van der Waals surface area contributed by atoms with Crippen molar-refractivity contribution in [2.24, 2.45) is 4.99 Å². The molecule has 29 heavy (non-hydrogen) atoms. The molecule has 1 atom stereocenters. The summed E-state index contributed by atoms with van der Waals surface area (Å²) in [5.74, 6) is 2.21. The maximum Gasteiger partial charge on any atom is 0.387 e. The van der Waals surface area contributed by atoms with Gasteiger partial charge in [-0.05, 0) is 24.6 Å². The first-order chi connectivity index (χ1) is 14.0. The van der Waals surface area contributed by atoms with E-state index in [1.165, 1.54) is 12.1 Å². The van der Waals surface area contributed by atoms with Crippen LogP contribution in [-0.4, -0.2) is 47.5 Å². The average Bonchev–Trinajstić information content (AvgIpc) is 3.08. The predicted molar refractivity (Wildman–Crippen MR) is 104 cm³/mol. The number of hydrogen-bond acceptors (Lipinski definition) is 5. The van der Waals surface area contributed by atoms with Gasteiger partial charge >= 0.3 is 6.61 Å². The number of rotatable bonds is 7. The van der Waals surface area contributed by atoms with Crippen molar-refractivity contribution in [1.82, 2.24) is 25.4 Å². The maximum absolute atomic E-state index is 12.6. The molecule has 1 unspecified atom stereocenters. The Bertz CT molecular complexity index is 861. The molecule has 1 aromatic carbocycles. The predicted octanol–water partition coefficient (Wildman–Crippen LogP) is 2.36. The standard InChI is InChI=1S/C18H23ClF2N6O2/c1-22-18(23-8-11-7-12(19)3-5-14(11)29-17(20)21)24-13-4-6-16-25-15(10-28-2)26-27(16)9-13/h3,5,7,13,17H,4,6,8-10H2,1-2H3,(H2,22,23,24). The van der Waals surface area contributed by atoms with Gasteiger partial charge in [-0.1, -0.05) is 11.6 Å². The quantitative estimate of drug-likeness (QED) is 0.520. The first-order valence-electron chi connectivity index (χ1n) is 9.10. The molecule has 0 amide bonds. The molecule has 0 radical (unpaired) electrons. The second-order valence-electron chi connectivity index (χ2n) is 6.50. The van der Waals surface area contributed by atoms with Crippen molar-refractivity contribution in [3.05, 3.63) is 40.4 Å². The summed E-state index contributed by atoms with van der Waals surface area (Å²) in [5, 5.41) is 11.3. The Morgan fingerprint density at radius 2 is 2.28 bits per heavy atom. The molecule has 0 fully saturated rings. The van der Waals surface area contributed by atoms with Crippen molar-refractivity contribution >= 4 is 17.6 Å². The zero-order chi connectivity index (χ0) is 20.8. The molecule has 8 nitrogen and oxygen atoms in total. The molecule has 1 aliphatic rings. The summed E-state index contributed by atoms with van der Waals surface area (Å²) < 4.78 is 36.7. The van der Waals surface area contributed by atoms with E-state index in [4.69, 9.17) is 16.3 Å².